The zero-order valence-corrected chi connectivity index (χ0v) is 16.5. The molecule has 2 aliphatic rings. The summed E-state index contributed by atoms with van der Waals surface area (Å²) in [6.07, 6.45) is -0.820. The van der Waals surface area contributed by atoms with E-state index in [2.05, 4.69) is 10.5 Å². The quantitative estimate of drug-likeness (QED) is 0.715. The number of halogens is 3. The molecule has 29 heavy (non-hydrogen) atoms. The summed E-state index contributed by atoms with van der Waals surface area (Å²) in [4.78, 5) is 14.2. The third-order valence-corrected chi connectivity index (χ3v) is 6.53. The third kappa shape index (κ3) is 3.84. The van der Waals surface area contributed by atoms with Gasteiger partial charge in [0.1, 0.15) is 0 Å². The first-order valence-corrected chi connectivity index (χ1v) is 9.83. The molecule has 1 spiro atoms. The fourth-order valence-electron chi connectivity index (χ4n) is 4.49. The van der Waals surface area contributed by atoms with Crippen molar-refractivity contribution in [3.8, 4) is 0 Å². The number of carbonyl (C=O) groups is 1. The lowest BCUT2D eigenvalue weighted by Crippen LogP contribution is -2.49. The molecule has 2 aromatic rings. The van der Waals surface area contributed by atoms with Crippen LogP contribution < -0.4 is 5.32 Å². The van der Waals surface area contributed by atoms with Crippen molar-refractivity contribution in [1.82, 2.24) is 10.1 Å². The van der Waals surface area contributed by atoms with Crippen LogP contribution in [0.25, 0.3) is 0 Å². The Kier molecular flexibility index (Phi) is 4.83. The summed E-state index contributed by atoms with van der Waals surface area (Å²) in [5, 5.41) is 6.61. The van der Waals surface area contributed by atoms with Crippen molar-refractivity contribution in [2.24, 2.45) is 5.41 Å². The highest BCUT2D eigenvalue weighted by atomic mass is 19.4. The molecule has 8 heteroatoms. The van der Waals surface area contributed by atoms with Gasteiger partial charge in [-0.2, -0.15) is 13.2 Å². The fraction of sp³-hybridized carbons (Fsp3) is 0.524. The highest BCUT2D eigenvalue weighted by molar-refractivity contribution is 5.88. The van der Waals surface area contributed by atoms with Crippen LogP contribution in [0.4, 0.5) is 23.8 Å². The number of hydrogen-bond acceptors (Lipinski definition) is 3. The zero-order chi connectivity index (χ0) is 20.8. The Morgan fingerprint density at radius 2 is 1.93 bits per heavy atom. The van der Waals surface area contributed by atoms with Gasteiger partial charge in [0, 0.05) is 18.7 Å². The Hall–Kier alpha value is -2.51. The summed E-state index contributed by atoms with van der Waals surface area (Å²) in [6.45, 7) is 4.92. The van der Waals surface area contributed by atoms with E-state index in [-0.39, 0.29) is 17.4 Å². The summed E-state index contributed by atoms with van der Waals surface area (Å²) >= 11 is 0. The Morgan fingerprint density at radius 3 is 2.52 bits per heavy atom. The van der Waals surface area contributed by atoms with Crippen LogP contribution in [0, 0.1) is 19.3 Å². The summed E-state index contributed by atoms with van der Waals surface area (Å²) < 4.78 is 44.0. The molecule has 2 fully saturated rings. The van der Waals surface area contributed by atoms with E-state index < -0.39 is 11.7 Å². The van der Waals surface area contributed by atoms with Gasteiger partial charge in [0.25, 0.3) is 0 Å². The second kappa shape index (κ2) is 7.07. The number of rotatable bonds is 2. The second-order valence-corrected chi connectivity index (χ2v) is 8.37. The van der Waals surface area contributed by atoms with Crippen molar-refractivity contribution >= 4 is 11.9 Å². The number of likely N-dealkylation sites (tertiary alicyclic amines) is 1. The Morgan fingerprint density at radius 1 is 1.24 bits per heavy atom. The molecule has 1 aliphatic heterocycles. The highest BCUT2D eigenvalue weighted by Crippen LogP contribution is 2.56. The van der Waals surface area contributed by atoms with E-state index in [4.69, 9.17) is 4.52 Å². The van der Waals surface area contributed by atoms with Gasteiger partial charge in [0.15, 0.2) is 0 Å². The van der Waals surface area contributed by atoms with Gasteiger partial charge < -0.3 is 9.42 Å². The predicted molar refractivity (Wildman–Crippen MR) is 102 cm³/mol. The second-order valence-electron chi connectivity index (χ2n) is 8.37. The molecule has 5 nitrogen and oxygen atoms in total. The molecule has 1 aliphatic carbocycles. The van der Waals surface area contributed by atoms with Crippen molar-refractivity contribution in [1.29, 1.82) is 0 Å². The molecule has 0 unspecified atom stereocenters. The number of nitrogens with one attached hydrogen (secondary N) is 1. The number of amides is 2. The third-order valence-electron chi connectivity index (χ3n) is 6.53. The van der Waals surface area contributed by atoms with Crippen LogP contribution in [0.1, 0.15) is 54.0 Å². The summed E-state index contributed by atoms with van der Waals surface area (Å²) in [5.74, 6) is 0.540. The van der Waals surface area contributed by atoms with Gasteiger partial charge in [0.05, 0.1) is 11.3 Å². The van der Waals surface area contributed by atoms with E-state index in [0.717, 1.165) is 48.6 Å². The standard InChI is InChI=1S/C21H24F3N3O2/c1-13-14(2)26-29-18(13)25-19(28)27-8-6-20(7-9-27)11-16(12-20)15-4-3-5-17(10-15)21(22,23)24/h3-5,10,16H,6-9,11-12H2,1-2H3,(H,25,28). The first kappa shape index (κ1) is 19.8. The first-order valence-electron chi connectivity index (χ1n) is 9.83. The van der Waals surface area contributed by atoms with Crippen molar-refractivity contribution in [2.45, 2.75) is 51.6 Å². The van der Waals surface area contributed by atoms with Crippen molar-refractivity contribution in [2.75, 3.05) is 18.4 Å². The van der Waals surface area contributed by atoms with Gasteiger partial charge in [-0.1, -0.05) is 23.4 Å². The average Bonchev–Trinajstić information content (AvgIpc) is 2.97. The smallest absolute Gasteiger partial charge is 0.338 e. The maximum absolute atomic E-state index is 12.9. The molecule has 0 atom stereocenters. The molecule has 2 heterocycles. The molecule has 0 bridgehead atoms. The monoisotopic (exact) mass is 407 g/mol. The molecule has 4 rings (SSSR count). The molecule has 0 radical (unpaired) electrons. The number of anilines is 1. The van der Waals surface area contributed by atoms with E-state index in [9.17, 15) is 18.0 Å². The van der Waals surface area contributed by atoms with E-state index in [1.165, 1.54) is 12.1 Å². The number of alkyl halides is 3. The normalized spacial score (nSPS) is 19.3. The van der Waals surface area contributed by atoms with Crippen LogP contribution in [0.3, 0.4) is 0 Å². The highest BCUT2D eigenvalue weighted by Gasteiger charge is 2.47. The molecule has 1 N–H and O–H groups in total. The van der Waals surface area contributed by atoms with Crippen LogP contribution in [0.5, 0.6) is 0 Å². The fourth-order valence-corrected chi connectivity index (χ4v) is 4.49. The summed E-state index contributed by atoms with van der Waals surface area (Å²) in [7, 11) is 0. The van der Waals surface area contributed by atoms with Crippen LogP contribution in [0.15, 0.2) is 28.8 Å². The van der Waals surface area contributed by atoms with Crippen LogP contribution in [0.2, 0.25) is 0 Å². The minimum Gasteiger partial charge on any atom is -0.338 e. The first-order chi connectivity index (χ1) is 13.7. The number of nitrogens with zero attached hydrogens (tertiary/aromatic N) is 2. The van der Waals surface area contributed by atoms with E-state index in [1.54, 1.807) is 11.0 Å². The number of hydrogen-bond donors (Lipinski definition) is 1. The van der Waals surface area contributed by atoms with Gasteiger partial charge in [0.2, 0.25) is 5.88 Å². The van der Waals surface area contributed by atoms with Gasteiger partial charge in [-0.3, -0.25) is 5.32 Å². The minimum atomic E-state index is -4.31. The van der Waals surface area contributed by atoms with Crippen molar-refractivity contribution < 1.29 is 22.5 Å². The van der Waals surface area contributed by atoms with Gasteiger partial charge in [-0.25, -0.2) is 4.79 Å². The van der Waals surface area contributed by atoms with Crippen LogP contribution >= 0.6 is 0 Å². The molecular formula is C21H24F3N3O2. The Balaban J connectivity index is 1.32. The molecule has 1 aromatic heterocycles. The number of carbonyl (C=O) groups excluding carboxylic acids is 1. The Labute approximate surface area is 167 Å². The number of urea groups is 1. The van der Waals surface area contributed by atoms with E-state index in [0.29, 0.717) is 19.0 Å². The molecular weight excluding hydrogens is 383 g/mol. The molecule has 2 amide bonds. The SMILES string of the molecule is Cc1noc(NC(=O)N2CCC3(CC2)CC(c2cccc(C(F)(F)F)c2)C3)c1C. The summed E-state index contributed by atoms with van der Waals surface area (Å²) in [5.41, 5.74) is 1.87. The average molecular weight is 407 g/mol. The summed E-state index contributed by atoms with van der Waals surface area (Å²) in [6, 6.07) is 5.47. The number of aryl methyl sites for hydroxylation is 1. The predicted octanol–water partition coefficient (Wildman–Crippen LogP) is 5.50. The maximum atomic E-state index is 12.9. The lowest BCUT2D eigenvalue weighted by molar-refractivity contribution is -0.137. The maximum Gasteiger partial charge on any atom is 0.416 e. The van der Waals surface area contributed by atoms with Crippen LogP contribution in [-0.4, -0.2) is 29.2 Å². The minimum absolute atomic E-state index is 0.133. The van der Waals surface area contributed by atoms with Gasteiger partial charge in [-0.15, -0.1) is 0 Å². The van der Waals surface area contributed by atoms with Gasteiger partial charge in [-0.05, 0) is 62.5 Å². The molecule has 1 saturated heterocycles. The molecule has 1 saturated carbocycles. The van der Waals surface area contributed by atoms with Gasteiger partial charge >= 0.3 is 12.2 Å². The van der Waals surface area contributed by atoms with Crippen LogP contribution in [-0.2, 0) is 6.18 Å². The lowest BCUT2D eigenvalue weighted by atomic mass is 9.56. The topological polar surface area (TPSA) is 58.4 Å². The molecule has 1 aromatic carbocycles. The number of piperidine rings is 1. The van der Waals surface area contributed by atoms with E-state index in [1.807, 2.05) is 13.8 Å². The van der Waals surface area contributed by atoms with Crippen molar-refractivity contribution in [3.05, 3.63) is 46.6 Å². The molecule has 156 valence electrons. The lowest BCUT2D eigenvalue weighted by Gasteiger charge is -2.52. The number of benzene rings is 1. The van der Waals surface area contributed by atoms with E-state index >= 15 is 0 Å². The Bertz CT molecular complexity index is 906. The number of aromatic nitrogens is 1. The largest absolute Gasteiger partial charge is 0.416 e. The van der Waals surface area contributed by atoms with Crippen molar-refractivity contribution in [3.63, 3.8) is 0 Å². The zero-order valence-electron chi connectivity index (χ0n) is 16.5.